The van der Waals surface area contributed by atoms with E-state index in [9.17, 15) is 14.7 Å². The molecular weight excluding hydrogens is 398 g/mol. The Bertz CT molecular complexity index is 1330. The van der Waals surface area contributed by atoms with Crippen LogP contribution in [0.15, 0.2) is 29.1 Å². The Morgan fingerprint density at radius 2 is 2.10 bits per heavy atom. The van der Waals surface area contributed by atoms with Crippen molar-refractivity contribution in [1.82, 2.24) is 9.55 Å². The van der Waals surface area contributed by atoms with Crippen LogP contribution < -0.4 is 16.0 Å². The topological polar surface area (TPSA) is 117 Å². The van der Waals surface area contributed by atoms with Crippen molar-refractivity contribution < 1.29 is 19.4 Å². The summed E-state index contributed by atoms with van der Waals surface area (Å²) in [6.07, 6.45) is 0.102. The molecule has 8 heteroatoms. The van der Waals surface area contributed by atoms with Crippen LogP contribution in [0.4, 0.5) is 0 Å². The first kappa shape index (κ1) is 19.7. The quantitative estimate of drug-likeness (QED) is 0.487. The predicted molar refractivity (Wildman–Crippen MR) is 114 cm³/mol. The first-order valence-corrected chi connectivity index (χ1v) is 10.2. The second-order valence-electron chi connectivity index (χ2n) is 8.13. The van der Waals surface area contributed by atoms with Crippen molar-refractivity contribution in [2.45, 2.75) is 45.1 Å². The van der Waals surface area contributed by atoms with Gasteiger partial charge in [0.15, 0.2) is 5.60 Å². The number of hydrogen-bond acceptors (Lipinski definition) is 7. The summed E-state index contributed by atoms with van der Waals surface area (Å²) in [6.45, 7) is 3.74. The molecular formula is C23H23N3O5. The van der Waals surface area contributed by atoms with Gasteiger partial charge < -0.3 is 24.9 Å². The third-order valence-corrected chi connectivity index (χ3v) is 6.39. The number of ether oxygens (including phenoxy) is 2. The number of cyclic esters (lactones) is 1. The minimum Gasteiger partial charge on any atom is -0.497 e. The number of rotatable bonds is 3. The Labute approximate surface area is 178 Å². The van der Waals surface area contributed by atoms with Gasteiger partial charge in [-0.3, -0.25) is 4.79 Å². The van der Waals surface area contributed by atoms with Crippen LogP contribution in [-0.4, -0.2) is 27.7 Å². The number of fused-ring (bicyclic) bond motifs is 5. The molecule has 0 spiro atoms. The highest BCUT2D eigenvalue weighted by Crippen LogP contribution is 2.41. The normalized spacial score (nSPS) is 20.1. The molecule has 3 aromatic rings. The number of carbonyl (C=O) groups is 1. The van der Waals surface area contributed by atoms with Crippen LogP contribution >= 0.6 is 0 Å². The van der Waals surface area contributed by atoms with E-state index >= 15 is 0 Å². The number of carbonyl (C=O) groups excluding carboxylic acids is 1. The molecule has 0 fully saturated rings. The second-order valence-corrected chi connectivity index (χ2v) is 8.13. The van der Waals surface area contributed by atoms with Gasteiger partial charge in [-0.15, -0.1) is 0 Å². The van der Waals surface area contributed by atoms with Crippen molar-refractivity contribution in [1.29, 1.82) is 0 Å². The average molecular weight is 421 g/mol. The molecule has 2 aliphatic rings. The lowest BCUT2D eigenvalue weighted by atomic mass is 9.86. The summed E-state index contributed by atoms with van der Waals surface area (Å²) in [5, 5.41) is 11.9. The first-order valence-electron chi connectivity index (χ1n) is 10.2. The number of aliphatic hydroxyl groups is 1. The second kappa shape index (κ2) is 6.63. The Kier molecular flexibility index (Phi) is 4.22. The molecule has 1 aromatic carbocycles. The van der Waals surface area contributed by atoms with Gasteiger partial charge in [-0.05, 0) is 43.2 Å². The summed E-state index contributed by atoms with van der Waals surface area (Å²) in [6, 6.07) is 7.00. The lowest BCUT2D eigenvalue weighted by Crippen LogP contribution is -2.44. The highest BCUT2D eigenvalue weighted by Gasteiger charge is 2.45. The summed E-state index contributed by atoms with van der Waals surface area (Å²) in [5.74, 6) is -0.0390. The maximum Gasteiger partial charge on any atom is 0.343 e. The third kappa shape index (κ3) is 2.58. The molecule has 0 amide bonds. The van der Waals surface area contributed by atoms with Crippen molar-refractivity contribution in [2.24, 2.45) is 5.73 Å². The van der Waals surface area contributed by atoms with Gasteiger partial charge in [0.1, 0.15) is 12.4 Å². The molecule has 2 aliphatic heterocycles. The Balaban J connectivity index is 1.83. The highest BCUT2D eigenvalue weighted by molar-refractivity contribution is 5.90. The van der Waals surface area contributed by atoms with E-state index in [1.807, 2.05) is 25.1 Å². The van der Waals surface area contributed by atoms with E-state index in [4.69, 9.17) is 20.2 Å². The summed E-state index contributed by atoms with van der Waals surface area (Å²) in [7, 11) is 1.60. The molecule has 0 aliphatic carbocycles. The zero-order valence-electron chi connectivity index (χ0n) is 17.6. The SMILES string of the molecule is CC[C@@]1(O)C(=O)OCc2c1cc1n(c2=O)Cc2c-1nc1ccc(OC)cc1c2[C@H](C)N. The molecule has 4 heterocycles. The Hall–Kier alpha value is -3.23. The molecule has 31 heavy (non-hydrogen) atoms. The van der Waals surface area contributed by atoms with Crippen LogP contribution in [0, 0.1) is 0 Å². The first-order chi connectivity index (χ1) is 14.8. The van der Waals surface area contributed by atoms with Crippen molar-refractivity contribution in [2.75, 3.05) is 7.11 Å². The van der Waals surface area contributed by atoms with Gasteiger partial charge in [0.25, 0.3) is 5.56 Å². The number of benzene rings is 1. The lowest BCUT2D eigenvalue weighted by molar-refractivity contribution is -0.172. The highest BCUT2D eigenvalue weighted by atomic mass is 16.6. The van der Waals surface area contributed by atoms with Crippen molar-refractivity contribution in [3.8, 4) is 17.1 Å². The van der Waals surface area contributed by atoms with Crippen molar-refractivity contribution >= 4 is 16.9 Å². The van der Waals surface area contributed by atoms with Gasteiger partial charge >= 0.3 is 5.97 Å². The average Bonchev–Trinajstić information content (AvgIpc) is 3.12. The zero-order chi connectivity index (χ0) is 22.1. The van der Waals surface area contributed by atoms with Crippen LogP contribution in [0.2, 0.25) is 0 Å². The minimum absolute atomic E-state index is 0.102. The van der Waals surface area contributed by atoms with Gasteiger partial charge in [0.05, 0.1) is 36.1 Å². The smallest absolute Gasteiger partial charge is 0.343 e. The zero-order valence-corrected chi connectivity index (χ0v) is 17.6. The molecule has 0 bridgehead atoms. The molecule has 5 rings (SSSR count). The van der Waals surface area contributed by atoms with E-state index in [2.05, 4.69) is 0 Å². The van der Waals surface area contributed by atoms with Crippen LogP contribution in [0.5, 0.6) is 5.75 Å². The molecule has 0 saturated carbocycles. The van der Waals surface area contributed by atoms with Gasteiger partial charge in [-0.2, -0.15) is 0 Å². The van der Waals surface area contributed by atoms with Gasteiger partial charge in [-0.25, -0.2) is 9.78 Å². The lowest BCUT2D eigenvalue weighted by Gasteiger charge is -2.31. The number of esters is 1. The number of nitrogens with zero attached hydrogens (tertiary/aromatic N) is 2. The summed E-state index contributed by atoms with van der Waals surface area (Å²) >= 11 is 0. The fraction of sp³-hybridized carbons (Fsp3) is 0.348. The van der Waals surface area contributed by atoms with E-state index in [-0.39, 0.29) is 24.6 Å². The maximum absolute atomic E-state index is 13.3. The molecule has 0 saturated heterocycles. The van der Waals surface area contributed by atoms with E-state index < -0.39 is 11.6 Å². The maximum atomic E-state index is 13.3. The van der Waals surface area contributed by atoms with Crippen molar-refractivity contribution in [3.05, 3.63) is 56.9 Å². The largest absolute Gasteiger partial charge is 0.497 e. The molecule has 2 aromatic heterocycles. The van der Waals surface area contributed by atoms with E-state index in [1.165, 1.54) is 0 Å². The molecule has 160 valence electrons. The number of pyridine rings is 2. The van der Waals surface area contributed by atoms with Crippen LogP contribution in [0.3, 0.4) is 0 Å². The number of hydrogen-bond donors (Lipinski definition) is 2. The molecule has 8 nitrogen and oxygen atoms in total. The summed E-state index contributed by atoms with van der Waals surface area (Å²) in [4.78, 5) is 30.5. The Morgan fingerprint density at radius 1 is 1.32 bits per heavy atom. The molecule has 0 unspecified atom stereocenters. The summed E-state index contributed by atoms with van der Waals surface area (Å²) in [5.41, 5.74) is 8.53. The van der Waals surface area contributed by atoms with Crippen LogP contribution in [0.1, 0.15) is 48.6 Å². The fourth-order valence-corrected chi connectivity index (χ4v) is 4.74. The van der Waals surface area contributed by atoms with Gasteiger partial charge in [0, 0.05) is 22.6 Å². The fourth-order valence-electron chi connectivity index (χ4n) is 4.74. The monoisotopic (exact) mass is 421 g/mol. The predicted octanol–water partition coefficient (Wildman–Crippen LogP) is 2.11. The molecule has 3 N–H and O–H groups in total. The minimum atomic E-state index is -1.85. The van der Waals surface area contributed by atoms with E-state index in [0.29, 0.717) is 34.8 Å². The number of aromatic nitrogens is 2. The van der Waals surface area contributed by atoms with Gasteiger partial charge in [-0.1, -0.05) is 6.92 Å². The van der Waals surface area contributed by atoms with Crippen molar-refractivity contribution in [3.63, 3.8) is 0 Å². The standard InChI is InChI=1S/C23H23N3O5/c1-4-23(29)16-8-18-20-14(9-26(18)21(27)15(16)10-31-22(23)28)19(11(2)24)13-7-12(30-3)5-6-17(13)25-20/h5-8,11,29H,4,9-10,24H2,1-3H3/t11-,23-/m0/s1. The Morgan fingerprint density at radius 3 is 2.77 bits per heavy atom. The molecule has 0 radical (unpaired) electrons. The number of methoxy groups -OCH3 is 1. The van der Waals surface area contributed by atoms with Crippen LogP contribution in [0.25, 0.3) is 22.3 Å². The molecule has 2 atom stereocenters. The van der Waals surface area contributed by atoms with E-state index in [1.54, 1.807) is 24.7 Å². The van der Waals surface area contributed by atoms with Gasteiger partial charge in [0.2, 0.25) is 0 Å². The van der Waals surface area contributed by atoms with Crippen LogP contribution in [-0.2, 0) is 28.3 Å². The number of nitrogens with two attached hydrogens (primary N) is 1. The summed E-state index contributed by atoms with van der Waals surface area (Å²) < 4.78 is 12.1. The van der Waals surface area contributed by atoms with E-state index in [0.717, 1.165) is 22.0 Å². The third-order valence-electron chi connectivity index (χ3n) is 6.39.